The predicted molar refractivity (Wildman–Crippen MR) is 83.2 cm³/mol. The quantitative estimate of drug-likeness (QED) is 0.490. The number of hydrogen-bond donors (Lipinski definition) is 2. The van der Waals surface area contributed by atoms with Crippen molar-refractivity contribution in [3.63, 3.8) is 0 Å². The second-order valence-corrected chi connectivity index (χ2v) is 5.01. The van der Waals surface area contributed by atoms with E-state index in [2.05, 4.69) is 26.6 Å². The Morgan fingerprint density at radius 2 is 2.10 bits per heavy atom. The van der Waals surface area contributed by atoms with Crippen molar-refractivity contribution in [2.75, 3.05) is 5.32 Å². The van der Waals surface area contributed by atoms with Crippen LogP contribution in [-0.4, -0.2) is 15.9 Å². The topological polar surface area (TPSA) is 97.4 Å². The van der Waals surface area contributed by atoms with Crippen molar-refractivity contribution in [2.45, 2.75) is 0 Å². The van der Waals surface area contributed by atoms with Crippen LogP contribution in [0.3, 0.4) is 0 Å². The number of nitro groups is 1. The van der Waals surface area contributed by atoms with Gasteiger partial charge in [-0.3, -0.25) is 20.2 Å². The molecule has 1 aromatic carbocycles. The molecule has 7 nitrogen and oxygen atoms in total. The number of nitrogens with one attached hydrogen (secondary N) is 2. The molecule has 2 aromatic rings. The maximum absolute atomic E-state index is 11.8. The average Bonchev–Trinajstić information content (AvgIpc) is 2.85. The molecule has 0 radical (unpaired) electrons. The standard InChI is InChI=1S/C12H8BrN3O4S/c13-10-5-4-9(20-10)11(17)15-12(21)14-7-2-1-3-8(6-7)16(18)19/h1-6H,(H2,14,15,17,21). The Balaban J connectivity index is 2.00. The molecule has 0 fully saturated rings. The van der Waals surface area contributed by atoms with Crippen molar-refractivity contribution < 1.29 is 14.1 Å². The van der Waals surface area contributed by atoms with Crippen molar-refractivity contribution in [1.82, 2.24) is 5.32 Å². The lowest BCUT2D eigenvalue weighted by molar-refractivity contribution is -0.384. The van der Waals surface area contributed by atoms with Gasteiger partial charge in [-0.05, 0) is 46.3 Å². The highest BCUT2D eigenvalue weighted by Crippen LogP contribution is 2.17. The number of anilines is 1. The van der Waals surface area contributed by atoms with Crippen LogP contribution in [0, 0.1) is 10.1 Å². The summed E-state index contributed by atoms with van der Waals surface area (Å²) in [5, 5.41) is 15.8. The molecule has 0 saturated carbocycles. The molecule has 1 aromatic heterocycles. The van der Waals surface area contributed by atoms with Crippen molar-refractivity contribution in [3.05, 3.63) is 56.9 Å². The first-order valence-electron chi connectivity index (χ1n) is 5.58. The van der Waals surface area contributed by atoms with Crippen LogP contribution in [0.1, 0.15) is 10.6 Å². The number of halogens is 1. The normalized spacial score (nSPS) is 9.95. The summed E-state index contributed by atoms with van der Waals surface area (Å²) < 4.78 is 5.50. The molecule has 0 saturated heterocycles. The molecule has 0 spiro atoms. The number of nitro benzene ring substituents is 1. The Bertz CT molecular complexity index is 716. The van der Waals surface area contributed by atoms with E-state index in [1.807, 2.05) is 0 Å². The van der Waals surface area contributed by atoms with Crippen LogP contribution in [0.25, 0.3) is 0 Å². The first-order valence-corrected chi connectivity index (χ1v) is 6.78. The van der Waals surface area contributed by atoms with Crippen molar-refractivity contribution in [3.8, 4) is 0 Å². The monoisotopic (exact) mass is 369 g/mol. The molecule has 9 heteroatoms. The summed E-state index contributed by atoms with van der Waals surface area (Å²) in [6.07, 6.45) is 0. The minimum Gasteiger partial charge on any atom is -0.444 e. The molecule has 1 amide bonds. The molecule has 0 bridgehead atoms. The highest BCUT2D eigenvalue weighted by molar-refractivity contribution is 9.10. The van der Waals surface area contributed by atoms with Gasteiger partial charge in [-0.2, -0.15) is 0 Å². The van der Waals surface area contributed by atoms with E-state index in [1.54, 1.807) is 12.1 Å². The van der Waals surface area contributed by atoms with Crippen molar-refractivity contribution >= 4 is 50.5 Å². The number of nitrogens with zero attached hydrogens (tertiary/aromatic N) is 1. The summed E-state index contributed by atoms with van der Waals surface area (Å²) >= 11 is 8.04. The molecule has 0 aliphatic carbocycles. The number of furan rings is 1. The Hall–Kier alpha value is -2.26. The van der Waals surface area contributed by atoms with Crippen LogP contribution in [-0.2, 0) is 0 Å². The smallest absolute Gasteiger partial charge is 0.293 e. The highest BCUT2D eigenvalue weighted by Gasteiger charge is 2.13. The Morgan fingerprint density at radius 1 is 1.33 bits per heavy atom. The van der Waals surface area contributed by atoms with Gasteiger partial charge >= 0.3 is 0 Å². The minimum atomic E-state index is -0.524. The fourth-order valence-corrected chi connectivity index (χ4v) is 1.98. The van der Waals surface area contributed by atoms with Crippen LogP contribution in [0.15, 0.2) is 45.5 Å². The van der Waals surface area contributed by atoms with Crippen LogP contribution in [0.4, 0.5) is 11.4 Å². The third kappa shape index (κ3) is 4.10. The number of amides is 1. The summed E-state index contributed by atoms with van der Waals surface area (Å²) in [7, 11) is 0. The Kier molecular flexibility index (Phi) is 4.66. The van der Waals surface area contributed by atoms with E-state index >= 15 is 0 Å². The van der Waals surface area contributed by atoms with Gasteiger partial charge in [0, 0.05) is 17.8 Å². The molecule has 2 rings (SSSR count). The van der Waals surface area contributed by atoms with Gasteiger partial charge in [0.25, 0.3) is 11.6 Å². The number of carbonyl (C=O) groups excluding carboxylic acids is 1. The van der Waals surface area contributed by atoms with E-state index in [-0.39, 0.29) is 16.6 Å². The fourth-order valence-electron chi connectivity index (χ4n) is 1.46. The van der Waals surface area contributed by atoms with Gasteiger partial charge in [-0.25, -0.2) is 0 Å². The average molecular weight is 370 g/mol. The molecule has 0 aliphatic heterocycles. The lowest BCUT2D eigenvalue weighted by Gasteiger charge is -2.08. The molecule has 108 valence electrons. The van der Waals surface area contributed by atoms with Crippen LogP contribution in [0.5, 0.6) is 0 Å². The SMILES string of the molecule is O=C(NC(=S)Nc1cccc([N+](=O)[O-])c1)c1ccc(Br)o1. The van der Waals surface area contributed by atoms with Gasteiger partial charge < -0.3 is 9.73 Å². The third-order valence-corrected chi connectivity index (χ3v) is 2.97. The number of carbonyl (C=O) groups is 1. The molecule has 0 unspecified atom stereocenters. The van der Waals surface area contributed by atoms with Crippen molar-refractivity contribution in [1.29, 1.82) is 0 Å². The summed E-state index contributed by atoms with van der Waals surface area (Å²) in [5.74, 6) is -0.436. The van der Waals surface area contributed by atoms with Gasteiger partial charge in [0.05, 0.1) is 4.92 Å². The minimum absolute atomic E-state index is 0.00743. The van der Waals surface area contributed by atoms with Gasteiger partial charge in [0.1, 0.15) is 0 Å². The van der Waals surface area contributed by atoms with Crippen LogP contribution < -0.4 is 10.6 Å². The predicted octanol–water partition coefficient (Wildman–Crippen LogP) is 3.08. The van der Waals surface area contributed by atoms with E-state index in [9.17, 15) is 14.9 Å². The van der Waals surface area contributed by atoms with Gasteiger partial charge in [-0.1, -0.05) is 6.07 Å². The van der Waals surface area contributed by atoms with E-state index in [1.165, 1.54) is 24.3 Å². The summed E-state index contributed by atoms with van der Waals surface area (Å²) in [4.78, 5) is 21.9. The zero-order valence-corrected chi connectivity index (χ0v) is 12.7. The number of hydrogen-bond acceptors (Lipinski definition) is 5. The lowest BCUT2D eigenvalue weighted by Crippen LogP contribution is -2.33. The summed E-state index contributed by atoms with van der Waals surface area (Å²) in [6, 6.07) is 8.82. The van der Waals surface area contributed by atoms with E-state index < -0.39 is 10.8 Å². The first kappa shape index (κ1) is 15.1. The van der Waals surface area contributed by atoms with E-state index in [4.69, 9.17) is 16.6 Å². The molecule has 1 heterocycles. The number of thiocarbonyl (C=S) groups is 1. The molecule has 0 aliphatic rings. The van der Waals surface area contributed by atoms with Crippen LogP contribution in [0.2, 0.25) is 0 Å². The van der Waals surface area contributed by atoms with E-state index in [0.29, 0.717) is 10.4 Å². The summed E-state index contributed by atoms with van der Waals surface area (Å²) in [5.41, 5.74) is 0.319. The molecule has 21 heavy (non-hydrogen) atoms. The first-order chi connectivity index (χ1) is 9.95. The lowest BCUT2D eigenvalue weighted by atomic mass is 10.3. The third-order valence-electron chi connectivity index (χ3n) is 2.34. The Morgan fingerprint density at radius 3 is 2.71 bits per heavy atom. The second kappa shape index (κ2) is 6.46. The number of non-ortho nitro benzene ring substituents is 1. The Labute approximate surface area is 132 Å². The van der Waals surface area contributed by atoms with Gasteiger partial charge in [0.2, 0.25) is 0 Å². The fraction of sp³-hybridized carbons (Fsp3) is 0. The maximum Gasteiger partial charge on any atom is 0.293 e. The van der Waals surface area contributed by atoms with Crippen LogP contribution >= 0.6 is 28.1 Å². The highest BCUT2D eigenvalue weighted by atomic mass is 79.9. The zero-order chi connectivity index (χ0) is 15.4. The zero-order valence-electron chi connectivity index (χ0n) is 10.3. The maximum atomic E-state index is 11.8. The molecular weight excluding hydrogens is 362 g/mol. The molecule has 0 atom stereocenters. The number of benzene rings is 1. The summed E-state index contributed by atoms with van der Waals surface area (Å²) in [6.45, 7) is 0. The van der Waals surface area contributed by atoms with Crippen molar-refractivity contribution in [2.24, 2.45) is 0 Å². The molecular formula is C12H8BrN3O4S. The van der Waals surface area contributed by atoms with Gasteiger partial charge in [0.15, 0.2) is 15.5 Å². The van der Waals surface area contributed by atoms with E-state index in [0.717, 1.165) is 0 Å². The van der Waals surface area contributed by atoms with Gasteiger partial charge in [-0.15, -0.1) is 0 Å². The largest absolute Gasteiger partial charge is 0.444 e. The number of rotatable bonds is 3. The second-order valence-electron chi connectivity index (χ2n) is 3.82. The molecule has 2 N–H and O–H groups in total.